The lowest BCUT2D eigenvalue weighted by Crippen LogP contribution is -2.24. The molecule has 1 aromatic heterocycles. The topological polar surface area (TPSA) is 80.9 Å². The van der Waals surface area contributed by atoms with E-state index >= 15 is 0 Å². The van der Waals surface area contributed by atoms with Crippen molar-refractivity contribution in [3.8, 4) is 0 Å². The molecule has 3 N–H and O–H groups in total. The molecule has 1 heterocycles. The first-order valence-corrected chi connectivity index (χ1v) is 7.15. The number of amides is 1. The van der Waals surface area contributed by atoms with Crippen molar-refractivity contribution in [2.24, 2.45) is 5.73 Å². The highest BCUT2D eigenvalue weighted by molar-refractivity contribution is 5.92. The number of nitrogens with one attached hydrogen (secondary N) is 1. The molecule has 0 spiro atoms. The third-order valence-electron chi connectivity index (χ3n) is 3.56. The predicted octanol–water partition coefficient (Wildman–Crippen LogP) is 1.74. The molecule has 1 aromatic carbocycles. The molecule has 1 fully saturated rings. The van der Waals surface area contributed by atoms with Gasteiger partial charge in [-0.3, -0.25) is 4.79 Å². The van der Waals surface area contributed by atoms with Gasteiger partial charge < -0.3 is 11.1 Å². The zero-order valence-corrected chi connectivity index (χ0v) is 11.7. The van der Waals surface area contributed by atoms with E-state index in [1.165, 1.54) is 0 Å². The maximum Gasteiger partial charge on any atom is 0.270 e. The minimum atomic E-state index is -0.165. The number of nitrogens with two attached hydrogens (primary N) is 1. The molecule has 0 radical (unpaired) electrons. The van der Waals surface area contributed by atoms with Crippen molar-refractivity contribution >= 4 is 5.91 Å². The van der Waals surface area contributed by atoms with Gasteiger partial charge in [-0.05, 0) is 30.0 Å². The molecule has 0 aliphatic heterocycles. The van der Waals surface area contributed by atoms with E-state index in [0.29, 0.717) is 24.7 Å². The van der Waals surface area contributed by atoms with Crippen LogP contribution in [0.5, 0.6) is 0 Å². The van der Waals surface area contributed by atoms with Crippen LogP contribution in [-0.4, -0.2) is 15.9 Å². The van der Waals surface area contributed by atoms with Crippen LogP contribution in [0.1, 0.15) is 46.2 Å². The zero-order chi connectivity index (χ0) is 14.7. The molecule has 0 atom stereocenters. The average Bonchev–Trinajstić information content (AvgIpc) is 3.38. The van der Waals surface area contributed by atoms with Gasteiger partial charge in [0, 0.05) is 25.2 Å². The molecule has 2 aromatic rings. The molecule has 5 nitrogen and oxygen atoms in total. The Balaban J connectivity index is 1.61. The first-order valence-electron chi connectivity index (χ1n) is 7.15. The number of carbonyl (C=O) groups excluding carboxylic acids is 1. The Morgan fingerprint density at radius 3 is 2.57 bits per heavy atom. The average molecular weight is 282 g/mol. The van der Waals surface area contributed by atoms with Gasteiger partial charge in [-0.2, -0.15) is 0 Å². The molecule has 0 unspecified atom stereocenters. The fourth-order valence-corrected chi connectivity index (χ4v) is 2.10. The van der Waals surface area contributed by atoms with Gasteiger partial charge >= 0.3 is 0 Å². The second-order valence-electron chi connectivity index (χ2n) is 5.28. The van der Waals surface area contributed by atoms with Crippen LogP contribution < -0.4 is 11.1 Å². The Morgan fingerprint density at radius 2 is 1.90 bits per heavy atom. The molecule has 0 bridgehead atoms. The molecule has 1 saturated carbocycles. The standard InChI is InChI=1S/C16H18N4O/c17-9-11-1-3-12(4-2-11)10-19-16(21)14-7-8-18-15(20-14)13-5-6-13/h1-4,7-8,13H,5-6,9-10,17H2,(H,19,21). The lowest BCUT2D eigenvalue weighted by molar-refractivity contribution is 0.0945. The van der Waals surface area contributed by atoms with Crippen LogP contribution in [0.3, 0.4) is 0 Å². The molecule has 1 amide bonds. The lowest BCUT2D eigenvalue weighted by Gasteiger charge is -2.06. The highest BCUT2D eigenvalue weighted by Crippen LogP contribution is 2.37. The number of benzene rings is 1. The van der Waals surface area contributed by atoms with Gasteiger partial charge in [-0.1, -0.05) is 24.3 Å². The van der Waals surface area contributed by atoms with E-state index in [-0.39, 0.29) is 5.91 Å². The summed E-state index contributed by atoms with van der Waals surface area (Å²) in [5, 5.41) is 2.88. The van der Waals surface area contributed by atoms with E-state index in [1.54, 1.807) is 12.3 Å². The van der Waals surface area contributed by atoms with Gasteiger partial charge in [0.25, 0.3) is 5.91 Å². The molecule has 108 valence electrons. The second kappa shape index (κ2) is 6.01. The van der Waals surface area contributed by atoms with Crippen LogP contribution in [0.4, 0.5) is 0 Å². The number of hydrogen-bond acceptors (Lipinski definition) is 4. The molecule has 21 heavy (non-hydrogen) atoms. The normalized spacial score (nSPS) is 14.0. The molecule has 1 aliphatic rings. The highest BCUT2D eigenvalue weighted by Gasteiger charge is 2.27. The fraction of sp³-hybridized carbons (Fsp3) is 0.312. The van der Waals surface area contributed by atoms with E-state index < -0.39 is 0 Å². The van der Waals surface area contributed by atoms with Gasteiger partial charge in [0.15, 0.2) is 0 Å². The number of carbonyl (C=O) groups is 1. The van der Waals surface area contributed by atoms with Crippen molar-refractivity contribution in [2.75, 3.05) is 0 Å². The first-order chi connectivity index (χ1) is 10.3. The van der Waals surface area contributed by atoms with Crippen LogP contribution >= 0.6 is 0 Å². The van der Waals surface area contributed by atoms with Crippen molar-refractivity contribution < 1.29 is 4.79 Å². The van der Waals surface area contributed by atoms with Crippen molar-refractivity contribution in [3.05, 3.63) is 59.2 Å². The number of aromatic nitrogens is 2. The van der Waals surface area contributed by atoms with Crippen LogP contribution in [0, 0.1) is 0 Å². The van der Waals surface area contributed by atoms with Gasteiger partial charge in [0.2, 0.25) is 0 Å². The van der Waals surface area contributed by atoms with Crippen molar-refractivity contribution in [1.82, 2.24) is 15.3 Å². The molecular formula is C16H18N4O. The molecule has 3 rings (SSSR count). The first kappa shape index (κ1) is 13.7. The van der Waals surface area contributed by atoms with Crippen LogP contribution in [-0.2, 0) is 13.1 Å². The van der Waals surface area contributed by atoms with Crippen molar-refractivity contribution in [3.63, 3.8) is 0 Å². The summed E-state index contributed by atoms with van der Waals surface area (Å²) < 4.78 is 0. The van der Waals surface area contributed by atoms with Gasteiger partial charge in [-0.25, -0.2) is 9.97 Å². The van der Waals surface area contributed by atoms with E-state index in [9.17, 15) is 4.79 Å². The van der Waals surface area contributed by atoms with Crippen LogP contribution in [0.2, 0.25) is 0 Å². The Kier molecular flexibility index (Phi) is 3.92. The Labute approximate surface area is 123 Å². The smallest absolute Gasteiger partial charge is 0.270 e. The third-order valence-corrected chi connectivity index (χ3v) is 3.56. The van der Waals surface area contributed by atoms with E-state index in [4.69, 9.17) is 5.73 Å². The van der Waals surface area contributed by atoms with Gasteiger partial charge in [-0.15, -0.1) is 0 Å². The zero-order valence-electron chi connectivity index (χ0n) is 11.7. The van der Waals surface area contributed by atoms with Crippen molar-refractivity contribution in [1.29, 1.82) is 0 Å². The summed E-state index contributed by atoms with van der Waals surface area (Å²) in [6.07, 6.45) is 3.91. The number of nitrogens with zero attached hydrogens (tertiary/aromatic N) is 2. The summed E-state index contributed by atoms with van der Waals surface area (Å²) in [5.74, 6) is 1.07. The monoisotopic (exact) mass is 282 g/mol. The minimum Gasteiger partial charge on any atom is -0.347 e. The van der Waals surface area contributed by atoms with Crippen molar-refractivity contribution in [2.45, 2.75) is 31.8 Å². The van der Waals surface area contributed by atoms with Crippen LogP contribution in [0.15, 0.2) is 36.5 Å². The number of hydrogen-bond donors (Lipinski definition) is 2. The van der Waals surface area contributed by atoms with E-state index in [0.717, 1.165) is 29.8 Å². The Morgan fingerprint density at radius 1 is 1.19 bits per heavy atom. The summed E-state index contributed by atoms with van der Waals surface area (Å²) in [4.78, 5) is 20.7. The molecular weight excluding hydrogens is 264 g/mol. The predicted molar refractivity (Wildman–Crippen MR) is 79.5 cm³/mol. The lowest BCUT2D eigenvalue weighted by atomic mass is 10.1. The molecule has 5 heteroatoms. The quantitative estimate of drug-likeness (QED) is 0.875. The summed E-state index contributed by atoms with van der Waals surface area (Å²) in [7, 11) is 0. The summed E-state index contributed by atoms with van der Waals surface area (Å²) in [6.45, 7) is 1.00. The molecule has 1 aliphatic carbocycles. The molecule has 0 saturated heterocycles. The summed E-state index contributed by atoms with van der Waals surface area (Å²) in [6, 6.07) is 9.53. The summed E-state index contributed by atoms with van der Waals surface area (Å²) >= 11 is 0. The van der Waals surface area contributed by atoms with E-state index in [1.807, 2.05) is 24.3 Å². The minimum absolute atomic E-state index is 0.165. The highest BCUT2D eigenvalue weighted by atomic mass is 16.1. The van der Waals surface area contributed by atoms with Crippen LogP contribution in [0.25, 0.3) is 0 Å². The van der Waals surface area contributed by atoms with Gasteiger partial charge in [0.1, 0.15) is 11.5 Å². The maximum atomic E-state index is 12.1. The van der Waals surface area contributed by atoms with E-state index in [2.05, 4.69) is 15.3 Å². The number of rotatable bonds is 5. The fourth-order valence-electron chi connectivity index (χ4n) is 2.10. The third kappa shape index (κ3) is 3.44. The maximum absolute atomic E-state index is 12.1. The van der Waals surface area contributed by atoms with Gasteiger partial charge in [0.05, 0.1) is 0 Å². The Bertz CT molecular complexity index is 635. The Hall–Kier alpha value is -2.27. The summed E-state index contributed by atoms with van der Waals surface area (Å²) in [5.41, 5.74) is 8.11. The largest absolute Gasteiger partial charge is 0.347 e. The second-order valence-corrected chi connectivity index (χ2v) is 5.28. The SMILES string of the molecule is NCc1ccc(CNC(=O)c2ccnc(C3CC3)n2)cc1.